The molecule has 1 aliphatic carbocycles. The van der Waals surface area contributed by atoms with Gasteiger partial charge in [-0.25, -0.2) is 0 Å². The topological polar surface area (TPSA) is 62.3 Å². The number of carbonyl (C=O) groups is 2. The number of hydrogen-bond donors (Lipinski definition) is 1. The lowest BCUT2D eigenvalue weighted by molar-refractivity contribution is -0.156. The summed E-state index contributed by atoms with van der Waals surface area (Å²) in [6.07, 6.45) is 6.35. The minimum absolute atomic E-state index is 0.0487. The number of carbonyl (C=O) groups excluding carboxylic acids is 2. The number of nitrogens with one attached hydrogen (secondary N) is 1. The van der Waals surface area contributed by atoms with Crippen LogP contribution in [0.1, 0.15) is 44.7 Å². The van der Waals surface area contributed by atoms with Crippen LogP contribution in [0.2, 0.25) is 0 Å². The van der Waals surface area contributed by atoms with Gasteiger partial charge in [0.2, 0.25) is 11.8 Å². The van der Waals surface area contributed by atoms with Crippen molar-refractivity contribution in [3.8, 4) is 0 Å². The highest BCUT2D eigenvalue weighted by atomic mass is 16.2. The van der Waals surface area contributed by atoms with Crippen molar-refractivity contribution in [3.63, 3.8) is 0 Å². The van der Waals surface area contributed by atoms with Gasteiger partial charge in [-0.15, -0.1) is 0 Å². The molecule has 0 aromatic carbocycles. The maximum absolute atomic E-state index is 12.9. The van der Waals surface area contributed by atoms with Gasteiger partial charge in [0, 0.05) is 6.20 Å². The Morgan fingerprint density at radius 3 is 2.71 bits per heavy atom. The van der Waals surface area contributed by atoms with Gasteiger partial charge in [0.05, 0.1) is 12.2 Å². The van der Waals surface area contributed by atoms with Crippen LogP contribution in [0.4, 0.5) is 0 Å². The number of piperazine rings is 1. The van der Waals surface area contributed by atoms with Gasteiger partial charge < -0.3 is 10.2 Å². The molecule has 5 heteroatoms. The number of aromatic nitrogens is 1. The smallest absolute Gasteiger partial charge is 0.249 e. The zero-order valence-corrected chi connectivity index (χ0v) is 12.3. The summed E-state index contributed by atoms with van der Waals surface area (Å²) in [5.74, 6) is 0.00684. The van der Waals surface area contributed by atoms with Gasteiger partial charge in [-0.1, -0.05) is 25.3 Å². The summed E-state index contributed by atoms with van der Waals surface area (Å²) >= 11 is 0. The standard InChI is InChI=1S/C16H21N3O2/c1-12-14(20)18-16(8-4-2-5-9-16)15(21)19(12)11-13-7-3-6-10-17-13/h3,6-7,10,12H,2,4-5,8-9,11H2,1H3,(H,18,20). The van der Waals surface area contributed by atoms with E-state index in [4.69, 9.17) is 0 Å². The largest absolute Gasteiger partial charge is 0.340 e. The molecule has 1 saturated carbocycles. The summed E-state index contributed by atoms with van der Waals surface area (Å²) < 4.78 is 0. The third-order valence-electron chi connectivity index (χ3n) is 4.65. The van der Waals surface area contributed by atoms with Crippen molar-refractivity contribution in [2.24, 2.45) is 0 Å². The van der Waals surface area contributed by atoms with Crippen LogP contribution in [0.5, 0.6) is 0 Å². The maximum atomic E-state index is 12.9. The molecule has 1 saturated heterocycles. The Labute approximate surface area is 124 Å². The van der Waals surface area contributed by atoms with Crippen LogP contribution in [0.15, 0.2) is 24.4 Å². The Morgan fingerprint density at radius 2 is 2.05 bits per heavy atom. The third-order valence-corrected chi connectivity index (χ3v) is 4.65. The van der Waals surface area contributed by atoms with E-state index in [0.717, 1.165) is 37.8 Å². The lowest BCUT2D eigenvalue weighted by atomic mass is 9.78. The molecule has 5 nitrogen and oxygen atoms in total. The Morgan fingerprint density at radius 1 is 1.29 bits per heavy atom. The molecule has 0 radical (unpaired) electrons. The van der Waals surface area contributed by atoms with Crippen molar-refractivity contribution >= 4 is 11.8 Å². The van der Waals surface area contributed by atoms with Crippen molar-refractivity contribution < 1.29 is 9.59 Å². The summed E-state index contributed by atoms with van der Waals surface area (Å²) in [4.78, 5) is 31.2. The quantitative estimate of drug-likeness (QED) is 0.899. The van der Waals surface area contributed by atoms with Crippen LogP contribution in [0.3, 0.4) is 0 Å². The number of pyridine rings is 1. The predicted octanol–water partition coefficient (Wildman–Crippen LogP) is 1.63. The van der Waals surface area contributed by atoms with E-state index in [1.54, 1.807) is 18.0 Å². The normalized spacial score (nSPS) is 25.0. The highest BCUT2D eigenvalue weighted by Gasteiger charge is 2.49. The highest BCUT2D eigenvalue weighted by Crippen LogP contribution is 2.33. The van der Waals surface area contributed by atoms with Crippen LogP contribution in [0, 0.1) is 0 Å². The van der Waals surface area contributed by atoms with E-state index >= 15 is 0 Å². The molecular weight excluding hydrogens is 266 g/mol. The molecule has 2 heterocycles. The van der Waals surface area contributed by atoms with Crippen molar-refractivity contribution in [1.82, 2.24) is 15.2 Å². The molecule has 2 amide bonds. The third kappa shape index (κ3) is 2.52. The van der Waals surface area contributed by atoms with E-state index in [0.29, 0.717) is 6.54 Å². The van der Waals surface area contributed by atoms with E-state index in [1.165, 1.54) is 0 Å². The molecular formula is C16H21N3O2. The molecule has 1 aromatic rings. The van der Waals surface area contributed by atoms with Gasteiger partial charge in [0.15, 0.2) is 0 Å². The molecule has 2 aliphatic rings. The van der Waals surface area contributed by atoms with E-state index < -0.39 is 11.6 Å². The Balaban J connectivity index is 1.86. The molecule has 1 N–H and O–H groups in total. The molecule has 112 valence electrons. The van der Waals surface area contributed by atoms with E-state index in [2.05, 4.69) is 10.3 Å². The SMILES string of the molecule is CC1C(=O)NC2(CCCCC2)C(=O)N1Cc1ccccn1. The first kappa shape index (κ1) is 14.0. The number of nitrogens with zero attached hydrogens (tertiary/aromatic N) is 2. The van der Waals surface area contributed by atoms with Gasteiger partial charge in [0.25, 0.3) is 0 Å². The zero-order valence-electron chi connectivity index (χ0n) is 12.3. The molecule has 1 atom stereocenters. The fourth-order valence-electron chi connectivity index (χ4n) is 3.36. The van der Waals surface area contributed by atoms with Crippen molar-refractivity contribution in [1.29, 1.82) is 0 Å². The summed E-state index contributed by atoms with van der Waals surface area (Å²) in [5.41, 5.74) is 0.148. The van der Waals surface area contributed by atoms with Crippen LogP contribution in [-0.2, 0) is 16.1 Å². The Hall–Kier alpha value is -1.91. The summed E-state index contributed by atoms with van der Waals surface area (Å²) in [6, 6.07) is 5.20. The minimum atomic E-state index is -0.670. The Bertz CT molecular complexity index is 538. The predicted molar refractivity (Wildman–Crippen MR) is 78.2 cm³/mol. The number of amides is 2. The van der Waals surface area contributed by atoms with Crippen LogP contribution in [0.25, 0.3) is 0 Å². The first-order valence-electron chi connectivity index (χ1n) is 7.65. The monoisotopic (exact) mass is 287 g/mol. The Kier molecular flexibility index (Phi) is 3.66. The lowest BCUT2D eigenvalue weighted by Crippen LogP contribution is -2.69. The second-order valence-electron chi connectivity index (χ2n) is 6.06. The van der Waals surface area contributed by atoms with Gasteiger partial charge in [-0.2, -0.15) is 0 Å². The van der Waals surface area contributed by atoms with Crippen LogP contribution in [-0.4, -0.2) is 33.3 Å². The molecule has 1 aromatic heterocycles. The van der Waals surface area contributed by atoms with E-state index in [9.17, 15) is 9.59 Å². The second-order valence-corrected chi connectivity index (χ2v) is 6.06. The minimum Gasteiger partial charge on any atom is -0.340 e. The number of rotatable bonds is 2. The van der Waals surface area contributed by atoms with Gasteiger partial charge in [-0.05, 0) is 31.9 Å². The van der Waals surface area contributed by atoms with Crippen molar-refractivity contribution in [2.75, 3.05) is 0 Å². The lowest BCUT2D eigenvalue weighted by Gasteiger charge is -2.46. The summed E-state index contributed by atoms with van der Waals surface area (Å²) in [7, 11) is 0. The van der Waals surface area contributed by atoms with Crippen LogP contribution >= 0.6 is 0 Å². The van der Waals surface area contributed by atoms with Crippen LogP contribution < -0.4 is 5.32 Å². The average Bonchev–Trinajstić information content (AvgIpc) is 2.52. The fraction of sp³-hybridized carbons (Fsp3) is 0.562. The summed E-state index contributed by atoms with van der Waals surface area (Å²) in [6.45, 7) is 2.18. The van der Waals surface area contributed by atoms with Crippen molar-refractivity contribution in [2.45, 2.75) is 57.2 Å². The first-order chi connectivity index (χ1) is 10.1. The van der Waals surface area contributed by atoms with E-state index in [-0.39, 0.29) is 11.8 Å². The van der Waals surface area contributed by atoms with Gasteiger partial charge in [-0.3, -0.25) is 14.6 Å². The molecule has 1 aliphatic heterocycles. The molecule has 2 fully saturated rings. The van der Waals surface area contributed by atoms with Gasteiger partial charge in [0.1, 0.15) is 11.6 Å². The first-order valence-corrected chi connectivity index (χ1v) is 7.65. The summed E-state index contributed by atoms with van der Waals surface area (Å²) in [5, 5.41) is 3.00. The molecule has 21 heavy (non-hydrogen) atoms. The van der Waals surface area contributed by atoms with E-state index in [1.807, 2.05) is 18.2 Å². The van der Waals surface area contributed by atoms with Gasteiger partial charge >= 0.3 is 0 Å². The fourth-order valence-corrected chi connectivity index (χ4v) is 3.36. The highest BCUT2D eigenvalue weighted by molar-refractivity contribution is 5.99. The molecule has 3 rings (SSSR count). The molecule has 1 spiro atoms. The zero-order chi connectivity index (χ0) is 14.9. The average molecular weight is 287 g/mol. The second kappa shape index (κ2) is 5.47. The number of hydrogen-bond acceptors (Lipinski definition) is 3. The molecule has 0 bridgehead atoms. The maximum Gasteiger partial charge on any atom is 0.249 e. The van der Waals surface area contributed by atoms with Crippen molar-refractivity contribution in [3.05, 3.63) is 30.1 Å². The molecule has 1 unspecified atom stereocenters.